The molecule has 1 aliphatic rings. The minimum Gasteiger partial charge on any atom is -0.339 e. The van der Waals surface area contributed by atoms with E-state index in [9.17, 15) is 14.4 Å². The maximum Gasteiger partial charge on any atom is 0.262 e. The molecule has 9 heteroatoms. The van der Waals surface area contributed by atoms with Crippen LogP contribution in [0.25, 0.3) is 0 Å². The van der Waals surface area contributed by atoms with E-state index in [0.717, 1.165) is 41.0 Å². The smallest absolute Gasteiger partial charge is 0.262 e. The predicted molar refractivity (Wildman–Crippen MR) is 131 cm³/mol. The topological polar surface area (TPSA) is 78.5 Å². The van der Waals surface area contributed by atoms with Crippen molar-refractivity contribution in [3.8, 4) is 0 Å². The molecule has 2 N–H and O–H groups in total. The maximum absolute atomic E-state index is 12.9. The van der Waals surface area contributed by atoms with E-state index in [0.29, 0.717) is 22.5 Å². The highest BCUT2D eigenvalue weighted by atomic mass is 79.9. The number of nitrogens with zero attached hydrogens (tertiary/aromatic N) is 1. The van der Waals surface area contributed by atoms with Crippen LogP contribution in [0, 0.1) is 6.92 Å². The standard InChI is InChI=1S/C22H26BrN3O3S2/c1-14-13-15(5-6-16(14)22(29)26-10-3-4-11-26)24-20(27)17(9-12-30-2)25-21(28)18-7-8-19(23)31-18/h5-8,13,17H,3-4,9-12H2,1-2H3,(H,24,27)(H,25,28). The molecule has 6 nitrogen and oxygen atoms in total. The monoisotopic (exact) mass is 523 g/mol. The number of hydrogen-bond acceptors (Lipinski definition) is 5. The Morgan fingerprint density at radius 2 is 1.94 bits per heavy atom. The fourth-order valence-electron chi connectivity index (χ4n) is 3.47. The highest BCUT2D eigenvalue weighted by Crippen LogP contribution is 2.23. The number of nitrogens with one attached hydrogen (secondary N) is 2. The Balaban J connectivity index is 1.68. The Kier molecular flexibility index (Phi) is 8.57. The van der Waals surface area contributed by atoms with E-state index in [2.05, 4.69) is 26.6 Å². The lowest BCUT2D eigenvalue weighted by atomic mass is 10.1. The second kappa shape index (κ2) is 11.2. The number of thiophene rings is 1. The zero-order chi connectivity index (χ0) is 22.4. The Bertz CT molecular complexity index is 957. The Morgan fingerprint density at radius 1 is 1.19 bits per heavy atom. The molecule has 1 unspecified atom stereocenters. The van der Waals surface area contributed by atoms with Crippen molar-refractivity contribution in [2.24, 2.45) is 0 Å². The first-order valence-electron chi connectivity index (χ1n) is 10.1. The molecule has 2 aromatic rings. The van der Waals surface area contributed by atoms with Gasteiger partial charge in [0.25, 0.3) is 11.8 Å². The van der Waals surface area contributed by atoms with E-state index >= 15 is 0 Å². The van der Waals surface area contributed by atoms with Crippen LogP contribution in [0.1, 0.15) is 44.9 Å². The zero-order valence-electron chi connectivity index (χ0n) is 17.6. The van der Waals surface area contributed by atoms with Gasteiger partial charge < -0.3 is 15.5 Å². The van der Waals surface area contributed by atoms with E-state index in [1.54, 1.807) is 30.0 Å². The number of rotatable bonds is 8. The van der Waals surface area contributed by atoms with E-state index in [-0.39, 0.29) is 17.7 Å². The van der Waals surface area contributed by atoms with Gasteiger partial charge >= 0.3 is 0 Å². The van der Waals surface area contributed by atoms with Crippen molar-refractivity contribution in [2.75, 3.05) is 30.4 Å². The number of thioether (sulfide) groups is 1. The summed E-state index contributed by atoms with van der Waals surface area (Å²) in [4.78, 5) is 40.5. The molecule has 1 saturated heterocycles. The first-order valence-corrected chi connectivity index (χ1v) is 13.2. The highest BCUT2D eigenvalue weighted by Gasteiger charge is 2.24. The van der Waals surface area contributed by atoms with E-state index in [1.165, 1.54) is 11.3 Å². The fourth-order valence-corrected chi connectivity index (χ4v) is 5.23. The number of aryl methyl sites for hydroxylation is 1. The van der Waals surface area contributed by atoms with Crippen molar-refractivity contribution in [3.05, 3.63) is 50.1 Å². The fraction of sp³-hybridized carbons (Fsp3) is 0.409. The SMILES string of the molecule is CSCCC(NC(=O)c1ccc(Br)s1)C(=O)Nc1ccc(C(=O)N2CCCC2)c(C)c1. The van der Waals surface area contributed by atoms with Crippen LogP contribution in [0.3, 0.4) is 0 Å². The van der Waals surface area contributed by atoms with Crippen LogP contribution < -0.4 is 10.6 Å². The van der Waals surface area contributed by atoms with E-state index in [1.807, 2.05) is 30.2 Å². The molecule has 31 heavy (non-hydrogen) atoms. The van der Waals surface area contributed by atoms with Crippen molar-refractivity contribution in [3.63, 3.8) is 0 Å². The lowest BCUT2D eigenvalue weighted by Gasteiger charge is -2.19. The Hall–Kier alpha value is -1.84. The summed E-state index contributed by atoms with van der Waals surface area (Å²) in [6.45, 7) is 3.48. The quantitative estimate of drug-likeness (QED) is 0.532. The lowest BCUT2D eigenvalue weighted by molar-refractivity contribution is -0.118. The third kappa shape index (κ3) is 6.33. The molecule has 0 aliphatic carbocycles. The van der Waals surface area contributed by atoms with Crippen LogP contribution in [-0.4, -0.2) is 53.8 Å². The molecule has 1 fully saturated rings. The second-order valence-corrected chi connectivity index (χ2v) is 10.9. The van der Waals surface area contributed by atoms with Gasteiger partial charge in [-0.15, -0.1) is 11.3 Å². The number of halogens is 1. The largest absolute Gasteiger partial charge is 0.339 e. The van der Waals surface area contributed by atoms with Crippen LogP contribution in [-0.2, 0) is 4.79 Å². The Labute approximate surface area is 199 Å². The second-order valence-electron chi connectivity index (χ2n) is 7.43. The van der Waals surface area contributed by atoms with Gasteiger partial charge in [-0.3, -0.25) is 14.4 Å². The predicted octanol–water partition coefficient (Wildman–Crippen LogP) is 4.55. The normalized spacial score (nSPS) is 14.4. The van der Waals surface area contributed by atoms with Gasteiger partial charge in [0, 0.05) is 24.3 Å². The molecular weight excluding hydrogens is 498 g/mol. The van der Waals surface area contributed by atoms with E-state index < -0.39 is 6.04 Å². The summed E-state index contributed by atoms with van der Waals surface area (Å²) in [6, 6.07) is 8.22. The molecule has 2 heterocycles. The lowest BCUT2D eigenvalue weighted by Crippen LogP contribution is -2.44. The van der Waals surface area contributed by atoms with Crippen molar-refractivity contribution in [1.82, 2.24) is 10.2 Å². The van der Waals surface area contributed by atoms with Crippen LogP contribution in [0.4, 0.5) is 5.69 Å². The van der Waals surface area contributed by atoms with Crippen LogP contribution in [0.5, 0.6) is 0 Å². The minimum atomic E-state index is -0.646. The summed E-state index contributed by atoms with van der Waals surface area (Å²) >= 11 is 6.30. The molecule has 1 aromatic carbocycles. The third-order valence-corrected chi connectivity index (χ3v) is 7.41. The molecule has 3 amide bonds. The van der Waals surface area contributed by atoms with Crippen LogP contribution in [0.2, 0.25) is 0 Å². The number of likely N-dealkylation sites (tertiary alicyclic amines) is 1. The van der Waals surface area contributed by atoms with Crippen molar-refractivity contribution in [1.29, 1.82) is 0 Å². The van der Waals surface area contributed by atoms with Gasteiger partial charge in [-0.2, -0.15) is 11.8 Å². The summed E-state index contributed by atoms with van der Waals surface area (Å²) < 4.78 is 0.863. The first-order chi connectivity index (χ1) is 14.9. The average molecular weight is 525 g/mol. The van der Waals surface area contributed by atoms with Gasteiger partial charge in [0.15, 0.2) is 0 Å². The average Bonchev–Trinajstić information content (AvgIpc) is 3.42. The van der Waals surface area contributed by atoms with Crippen LogP contribution >= 0.6 is 39.0 Å². The number of anilines is 1. The molecule has 0 spiro atoms. The molecule has 0 bridgehead atoms. The molecule has 1 aliphatic heterocycles. The van der Waals surface area contributed by atoms with Gasteiger partial charge in [-0.25, -0.2) is 0 Å². The number of amides is 3. The molecule has 1 aromatic heterocycles. The van der Waals surface area contributed by atoms with Crippen LogP contribution in [0.15, 0.2) is 34.1 Å². The van der Waals surface area contributed by atoms with Crippen molar-refractivity contribution < 1.29 is 14.4 Å². The molecule has 0 saturated carbocycles. The number of carbonyl (C=O) groups is 3. The maximum atomic E-state index is 12.9. The van der Waals surface area contributed by atoms with Crippen molar-refractivity contribution in [2.45, 2.75) is 32.2 Å². The molecule has 3 rings (SSSR count). The summed E-state index contributed by atoms with van der Waals surface area (Å²) in [6.07, 6.45) is 4.58. The number of carbonyl (C=O) groups excluding carboxylic acids is 3. The number of hydrogen-bond donors (Lipinski definition) is 2. The zero-order valence-corrected chi connectivity index (χ0v) is 20.8. The summed E-state index contributed by atoms with van der Waals surface area (Å²) in [5.41, 5.74) is 2.10. The van der Waals surface area contributed by atoms with Gasteiger partial charge in [0.2, 0.25) is 5.91 Å². The van der Waals surface area contributed by atoms with Gasteiger partial charge in [0.1, 0.15) is 6.04 Å². The minimum absolute atomic E-state index is 0.0418. The molecule has 1 atom stereocenters. The van der Waals surface area contributed by atoms with Gasteiger partial charge in [-0.05, 0) is 90.0 Å². The van der Waals surface area contributed by atoms with Gasteiger partial charge in [-0.1, -0.05) is 0 Å². The first kappa shape index (κ1) is 23.8. The number of benzene rings is 1. The molecular formula is C22H26BrN3O3S2. The third-order valence-electron chi connectivity index (χ3n) is 5.15. The van der Waals surface area contributed by atoms with E-state index in [4.69, 9.17) is 0 Å². The van der Waals surface area contributed by atoms with Gasteiger partial charge in [0.05, 0.1) is 8.66 Å². The summed E-state index contributed by atoms with van der Waals surface area (Å²) in [7, 11) is 0. The molecule has 166 valence electrons. The highest BCUT2D eigenvalue weighted by molar-refractivity contribution is 9.11. The molecule has 0 radical (unpaired) electrons. The van der Waals surface area contributed by atoms with Crippen molar-refractivity contribution >= 4 is 62.4 Å². The summed E-state index contributed by atoms with van der Waals surface area (Å²) in [5, 5.41) is 5.74. The Morgan fingerprint density at radius 3 is 2.55 bits per heavy atom. The summed E-state index contributed by atoms with van der Waals surface area (Å²) in [5.74, 6) is 0.255.